The molecule has 2 saturated heterocycles. The van der Waals surface area contributed by atoms with Crippen molar-refractivity contribution in [3.05, 3.63) is 0 Å². The summed E-state index contributed by atoms with van der Waals surface area (Å²) in [6.45, 7) is 7.64. The van der Waals surface area contributed by atoms with Crippen molar-refractivity contribution in [2.45, 2.75) is 38.8 Å². The molecule has 2 fully saturated rings. The Bertz CT molecular complexity index is 249. The fraction of sp³-hybridized carbons (Fsp3) is 0.917. The van der Waals surface area contributed by atoms with Crippen LogP contribution in [-0.2, 0) is 9.53 Å². The monoisotopic (exact) mass is 226 g/mol. The van der Waals surface area contributed by atoms with Crippen LogP contribution in [0.4, 0.5) is 0 Å². The van der Waals surface area contributed by atoms with Crippen LogP contribution >= 0.6 is 0 Å². The van der Waals surface area contributed by atoms with Gasteiger partial charge in [0.05, 0.1) is 12.6 Å². The molecule has 4 heteroatoms. The molecule has 0 radical (unpaired) electrons. The number of hydrogen-bond acceptors (Lipinski definition) is 3. The summed E-state index contributed by atoms with van der Waals surface area (Å²) in [5.74, 6) is 0.836. The second-order valence-corrected chi connectivity index (χ2v) is 5.18. The Morgan fingerprint density at radius 1 is 1.50 bits per heavy atom. The summed E-state index contributed by atoms with van der Waals surface area (Å²) >= 11 is 0. The van der Waals surface area contributed by atoms with E-state index in [1.54, 1.807) is 0 Å². The minimum Gasteiger partial charge on any atom is -0.381 e. The Balaban J connectivity index is 1.81. The van der Waals surface area contributed by atoms with E-state index in [9.17, 15) is 4.79 Å². The lowest BCUT2D eigenvalue weighted by Gasteiger charge is -2.20. The molecule has 2 unspecified atom stereocenters. The molecule has 1 amide bonds. The van der Waals surface area contributed by atoms with Crippen molar-refractivity contribution in [1.82, 2.24) is 10.2 Å². The first-order chi connectivity index (χ1) is 7.66. The molecule has 0 bridgehead atoms. The van der Waals surface area contributed by atoms with Gasteiger partial charge in [0.1, 0.15) is 0 Å². The van der Waals surface area contributed by atoms with Crippen molar-refractivity contribution < 1.29 is 9.53 Å². The Morgan fingerprint density at radius 2 is 2.31 bits per heavy atom. The molecular weight excluding hydrogens is 204 g/mol. The van der Waals surface area contributed by atoms with E-state index in [1.165, 1.54) is 0 Å². The summed E-state index contributed by atoms with van der Waals surface area (Å²) in [6.07, 6.45) is 2.05. The van der Waals surface area contributed by atoms with Crippen LogP contribution in [0.5, 0.6) is 0 Å². The summed E-state index contributed by atoms with van der Waals surface area (Å²) in [6, 6.07) is 0.422. The topological polar surface area (TPSA) is 41.6 Å². The zero-order valence-corrected chi connectivity index (χ0v) is 10.2. The van der Waals surface area contributed by atoms with E-state index in [2.05, 4.69) is 19.2 Å². The van der Waals surface area contributed by atoms with Crippen molar-refractivity contribution in [3.63, 3.8) is 0 Å². The summed E-state index contributed by atoms with van der Waals surface area (Å²) in [5, 5.41) is 3.32. The lowest BCUT2D eigenvalue weighted by atomic mass is 10.1. The van der Waals surface area contributed by atoms with E-state index in [1.807, 2.05) is 4.90 Å². The average molecular weight is 226 g/mol. The summed E-state index contributed by atoms with van der Waals surface area (Å²) in [4.78, 5) is 14.1. The van der Waals surface area contributed by atoms with E-state index in [-0.39, 0.29) is 11.9 Å². The molecule has 0 saturated carbocycles. The molecule has 0 spiro atoms. The number of carbonyl (C=O) groups excluding carboxylic acids is 1. The van der Waals surface area contributed by atoms with Gasteiger partial charge in [0.2, 0.25) is 5.91 Å². The Labute approximate surface area is 97.3 Å². The first-order valence-corrected chi connectivity index (χ1v) is 6.29. The highest BCUT2D eigenvalue weighted by molar-refractivity contribution is 5.84. The minimum absolute atomic E-state index is 0.0438. The normalized spacial score (nSPS) is 30.7. The molecule has 92 valence electrons. The lowest BCUT2D eigenvalue weighted by molar-refractivity contribution is -0.130. The van der Waals surface area contributed by atoms with Crippen LogP contribution in [0.25, 0.3) is 0 Å². The highest BCUT2D eigenvalue weighted by atomic mass is 16.5. The summed E-state index contributed by atoms with van der Waals surface area (Å²) in [7, 11) is 0. The minimum atomic E-state index is 0.0438. The van der Waals surface area contributed by atoms with Crippen molar-refractivity contribution in [2.24, 2.45) is 5.92 Å². The van der Waals surface area contributed by atoms with Crippen LogP contribution in [0.15, 0.2) is 0 Å². The lowest BCUT2D eigenvalue weighted by Crippen LogP contribution is -2.42. The highest BCUT2D eigenvalue weighted by Gasteiger charge is 2.33. The third-order valence-electron chi connectivity index (χ3n) is 3.33. The van der Waals surface area contributed by atoms with Gasteiger partial charge in [0.15, 0.2) is 0 Å². The van der Waals surface area contributed by atoms with Crippen LogP contribution in [0.2, 0.25) is 0 Å². The maximum absolute atomic E-state index is 12.1. The summed E-state index contributed by atoms with van der Waals surface area (Å²) < 4.78 is 5.34. The van der Waals surface area contributed by atoms with Gasteiger partial charge in [-0.1, -0.05) is 13.8 Å². The first kappa shape index (κ1) is 11.9. The highest BCUT2D eigenvalue weighted by Crippen LogP contribution is 2.18. The number of amides is 1. The van der Waals surface area contributed by atoms with Crippen LogP contribution in [0, 0.1) is 5.92 Å². The van der Waals surface area contributed by atoms with Gasteiger partial charge in [-0.05, 0) is 12.8 Å². The number of likely N-dealkylation sites (tertiary alicyclic amines) is 1. The third kappa shape index (κ3) is 2.74. The standard InChI is InChI=1S/C12H22N2O2/c1-9(2)13-11-3-5-14(12(11)15)7-10-4-6-16-8-10/h9-11,13H,3-8H2,1-2H3. The second-order valence-electron chi connectivity index (χ2n) is 5.18. The number of ether oxygens (including phenoxy) is 1. The fourth-order valence-electron chi connectivity index (χ4n) is 2.52. The van der Waals surface area contributed by atoms with Gasteiger partial charge in [0.25, 0.3) is 0 Å². The van der Waals surface area contributed by atoms with Crippen LogP contribution in [-0.4, -0.2) is 49.2 Å². The predicted molar refractivity (Wildman–Crippen MR) is 62.2 cm³/mol. The van der Waals surface area contributed by atoms with Gasteiger partial charge in [-0.3, -0.25) is 4.79 Å². The van der Waals surface area contributed by atoms with E-state index in [0.29, 0.717) is 12.0 Å². The summed E-state index contributed by atoms with van der Waals surface area (Å²) in [5.41, 5.74) is 0. The van der Waals surface area contributed by atoms with E-state index < -0.39 is 0 Å². The van der Waals surface area contributed by atoms with E-state index in [4.69, 9.17) is 4.74 Å². The van der Waals surface area contributed by atoms with Gasteiger partial charge < -0.3 is 15.0 Å². The number of rotatable bonds is 4. The Morgan fingerprint density at radius 3 is 2.94 bits per heavy atom. The fourth-order valence-corrected chi connectivity index (χ4v) is 2.52. The zero-order valence-electron chi connectivity index (χ0n) is 10.2. The van der Waals surface area contributed by atoms with Crippen LogP contribution in [0.3, 0.4) is 0 Å². The SMILES string of the molecule is CC(C)NC1CCN(CC2CCOC2)C1=O. The first-order valence-electron chi connectivity index (χ1n) is 6.29. The quantitative estimate of drug-likeness (QED) is 0.764. The van der Waals surface area contributed by atoms with Gasteiger partial charge in [-0.2, -0.15) is 0 Å². The van der Waals surface area contributed by atoms with E-state index in [0.717, 1.165) is 39.1 Å². The molecule has 2 atom stereocenters. The van der Waals surface area contributed by atoms with Crippen molar-refractivity contribution in [2.75, 3.05) is 26.3 Å². The van der Waals surface area contributed by atoms with Gasteiger partial charge in [0, 0.05) is 31.7 Å². The largest absolute Gasteiger partial charge is 0.381 e. The molecule has 4 nitrogen and oxygen atoms in total. The number of nitrogens with zero attached hydrogens (tertiary/aromatic N) is 1. The van der Waals surface area contributed by atoms with Crippen LogP contribution < -0.4 is 5.32 Å². The number of carbonyl (C=O) groups is 1. The average Bonchev–Trinajstić information content (AvgIpc) is 2.82. The van der Waals surface area contributed by atoms with Crippen molar-refractivity contribution >= 4 is 5.91 Å². The molecule has 0 aromatic heterocycles. The van der Waals surface area contributed by atoms with Crippen LogP contribution in [0.1, 0.15) is 26.7 Å². The number of hydrogen-bond donors (Lipinski definition) is 1. The molecule has 0 aliphatic carbocycles. The van der Waals surface area contributed by atoms with E-state index >= 15 is 0 Å². The maximum atomic E-state index is 12.1. The van der Waals surface area contributed by atoms with Gasteiger partial charge >= 0.3 is 0 Å². The Kier molecular flexibility index (Phi) is 3.82. The molecule has 16 heavy (non-hydrogen) atoms. The molecular formula is C12H22N2O2. The molecule has 2 aliphatic rings. The number of nitrogens with one attached hydrogen (secondary N) is 1. The zero-order chi connectivity index (χ0) is 11.5. The molecule has 0 aromatic rings. The van der Waals surface area contributed by atoms with Gasteiger partial charge in [-0.15, -0.1) is 0 Å². The maximum Gasteiger partial charge on any atom is 0.239 e. The Hall–Kier alpha value is -0.610. The molecule has 2 rings (SSSR count). The van der Waals surface area contributed by atoms with Crippen molar-refractivity contribution in [3.8, 4) is 0 Å². The third-order valence-corrected chi connectivity index (χ3v) is 3.33. The molecule has 0 aromatic carbocycles. The smallest absolute Gasteiger partial charge is 0.239 e. The van der Waals surface area contributed by atoms with Crippen molar-refractivity contribution in [1.29, 1.82) is 0 Å². The predicted octanol–water partition coefficient (Wildman–Crippen LogP) is 0.622. The molecule has 2 heterocycles. The van der Waals surface area contributed by atoms with Gasteiger partial charge in [-0.25, -0.2) is 0 Å². The molecule has 2 aliphatic heterocycles. The second kappa shape index (κ2) is 5.15. The molecule has 1 N–H and O–H groups in total.